The average molecular weight is 428 g/mol. The molecule has 2 aromatic carbocycles. The second-order valence-electron chi connectivity index (χ2n) is 5.76. The van der Waals surface area contributed by atoms with Gasteiger partial charge in [0.05, 0.1) is 29.1 Å². The van der Waals surface area contributed by atoms with Crippen molar-refractivity contribution in [2.75, 3.05) is 19.3 Å². The number of carbonyl (C=O) groups is 1. The monoisotopic (exact) mass is 427 g/mol. The van der Waals surface area contributed by atoms with Crippen LogP contribution in [-0.4, -0.2) is 44.2 Å². The van der Waals surface area contributed by atoms with E-state index in [1.807, 2.05) is 30.3 Å². The molecule has 1 N–H and O–H groups in total. The molecule has 1 amide bonds. The third-order valence-corrected chi connectivity index (χ3v) is 5.57. The van der Waals surface area contributed by atoms with E-state index in [1.54, 1.807) is 18.2 Å². The van der Waals surface area contributed by atoms with Crippen LogP contribution >= 0.6 is 23.2 Å². The lowest BCUT2D eigenvalue weighted by atomic mass is 10.1. The van der Waals surface area contributed by atoms with Crippen molar-refractivity contribution in [2.24, 2.45) is 5.10 Å². The SMILES string of the molecule is CS(=O)(=O)N(CCc1ccccc1)CC(=O)N/N=C/c1c(Cl)cccc1Cl. The molecule has 144 valence electrons. The van der Waals surface area contributed by atoms with Gasteiger partial charge in [0.1, 0.15) is 0 Å². The van der Waals surface area contributed by atoms with Gasteiger partial charge in [0.25, 0.3) is 5.91 Å². The predicted molar refractivity (Wildman–Crippen MR) is 109 cm³/mol. The Morgan fingerprint density at radius 2 is 1.74 bits per heavy atom. The Bertz CT molecular complexity index is 898. The highest BCUT2D eigenvalue weighted by atomic mass is 35.5. The Hall–Kier alpha value is -1.93. The summed E-state index contributed by atoms with van der Waals surface area (Å²) in [7, 11) is -3.54. The van der Waals surface area contributed by atoms with Crippen molar-refractivity contribution in [3.63, 3.8) is 0 Å². The van der Waals surface area contributed by atoms with Crippen molar-refractivity contribution < 1.29 is 13.2 Å². The highest BCUT2D eigenvalue weighted by molar-refractivity contribution is 7.88. The van der Waals surface area contributed by atoms with Crippen LogP contribution in [0.1, 0.15) is 11.1 Å². The van der Waals surface area contributed by atoms with Crippen molar-refractivity contribution in [3.8, 4) is 0 Å². The molecule has 0 saturated heterocycles. The lowest BCUT2D eigenvalue weighted by Crippen LogP contribution is -2.40. The van der Waals surface area contributed by atoms with Crippen molar-refractivity contribution in [2.45, 2.75) is 6.42 Å². The summed E-state index contributed by atoms with van der Waals surface area (Å²) in [6.07, 6.45) is 2.88. The van der Waals surface area contributed by atoms with Crippen LogP contribution in [0, 0.1) is 0 Å². The topological polar surface area (TPSA) is 78.8 Å². The number of sulfonamides is 1. The number of hydrogen-bond donors (Lipinski definition) is 1. The van der Waals surface area contributed by atoms with E-state index in [4.69, 9.17) is 23.2 Å². The Morgan fingerprint density at radius 1 is 1.11 bits per heavy atom. The van der Waals surface area contributed by atoms with Gasteiger partial charge in [-0.25, -0.2) is 13.8 Å². The molecular weight excluding hydrogens is 409 g/mol. The fourth-order valence-corrected chi connectivity index (χ4v) is 3.53. The molecule has 9 heteroatoms. The molecule has 6 nitrogen and oxygen atoms in total. The zero-order chi connectivity index (χ0) is 19.9. The van der Waals surface area contributed by atoms with E-state index >= 15 is 0 Å². The van der Waals surface area contributed by atoms with Gasteiger partial charge in [-0.2, -0.15) is 9.41 Å². The minimum atomic E-state index is -3.54. The number of hydrogen-bond acceptors (Lipinski definition) is 4. The van der Waals surface area contributed by atoms with E-state index in [9.17, 15) is 13.2 Å². The molecule has 0 aromatic heterocycles. The fourth-order valence-electron chi connectivity index (χ4n) is 2.26. The van der Waals surface area contributed by atoms with E-state index in [0.717, 1.165) is 16.1 Å². The zero-order valence-corrected chi connectivity index (χ0v) is 16.9. The number of hydrazone groups is 1. The first-order valence-corrected chi connectivity index (χ1v) is 10.6. The first-order valence-electron chi connectivity index (χ1n) is 8.02. The lowest BCUT2D eigenvalue weighted by molar-refractivity contribution is -0.121. The first-order chi connectivity index (χ1) is 12.8. The van der Waals surface area contributed by atoms with Gasteiger partial charge in [0.2, 0.25) is 10.0 Å². The van der Waals surface area contributed by atoms with E-state index < -0.39 is 15.9 Å². The summed E-state index contributed by atoms with van der Waals surface area (Å²) in [5.74, 6) is -0.562. The van der Waals surface area contributed by atoms with Crippen LogP contribution in [-0.2, 0) is 21.2 Å². The van der Waals surface area contributed by atoms with Crippen molar-refractivity contribution in [3.05, 3.63) is 69.7 Å². The second kappa shape index (κ2) is 9.85. The molecular formula is C18H19Cl2N3O3S. The average Bonchev–Trinajstić information content (AvgIpc) is 2.61. The molecule has 27 heavy (non-hydrogen) atoms. The largest absolute Gasteiger partial charge is 0.272 e. The van der Waals surface area contributed by atoms with Crippen LogP contribution in [0.15, 0.2) is 53.6 Å². The van der Waals surface area contributed by atoms with Gasteiger partial charge in [-0.05, 0) is 24.1 Å². The van der Waals surface area contributed by atoms with Gasteiger partial charge >= 0.3 is 0 Å². The van der Waals surface area contributed by atoms with Crippen LogP contribution in [0.2, 0.25) is 10.0 Å². The number of nitrogens with zero attached hydrogens (tertiary/aromatic N) is 2. The number of carbonyl (C=O) groups excluding carboxylic acids is 1. The molecule has 2 aromatic rings. The van der Waals surface area contributed by atoms with Gasteiger partial charge < -0.3 is 0 Å². The Labute approximate surface area is 168 Å². The molecule has 0 spiro atoms. The van der Waals surface area contributed by atoms with E-state index in [2.05, 4.69) is 10.5 Å². The van der Waals surface area contributed by atoms with Gasteiger partial charge in [-0.15, -0.1) is 0 Å². The Morgan fingerprint density at radius 3 is 2.33 bits per heavy atom. The smallest absolute Gasteiger partial charge is 0.255 e. The Balaban J connectivity index is 1.96. The van der Waals surface area contributed by atoms with Gasteiger partial charge in [0, 0.05) is 12.1 Å². The summed E-state index contributed by atoms with van der Waals surface area (Å²) >= 11 is 12.0. The summed E-state index contributed by atoms with van der Waals surface area (Å²) in [6, 6.07) is 14.4. The summed E-state index contributed by atoms with van der Waals surface area (Å²) in [4.78, 5) is 12.1. The highest BCUT2D eigenvalue weighted by Gasteiger charge is 2.19. The predicted octanol–water partition coefficient (Wildman–Crippen LogP) is 2.95. The molecule has 0 bridgehead atoms. The van der Waals surface area contributed by atoms with E-state index in [1.165, 1.54) is 6.21 Å². The first kappa shape index (κ1) is 21.4. The van der Waals surface area contributed by atoms with Gasteiger partial charge in [-0.1, -0.05) is 59.6 Å². The Kier molecular flexibility index (Phi) is 7.79. The van der Waals surface area contributed by atoms with Gasteiger partial charge in [-0.3, -0.25) is 4.79 Å². The number of rotatable bonds is 8. The minimum Gasteiger partial charge on any atom is -0.272 e. The zero-order valence-electron chi connectivity index (χ0n) is 14.6. The maximum absolute atomic E-state index is 12.1. The van der Waals surface area contributed by atoms with E-state index in [0.29, 0.717) is 22.0 Å². The van der Waals surface area contributed by atoms with Crippen molar-refractivity contribution >= 4 is 45.3 Å². The fraction of sp³-hybridized carbons (Fsp3) is 0.222. The molecule has 0 aliphatic carbocycles. The van der Waals surface area contributed by atoms with Crippen molar-refractivity contribution in [1.82, 2.24) is 9.73 Å². The molecule has 0 fully saturated rings. The normalized spacial score (nSPS) is 11.9. The minimum absolute atomic E-state index is 0.191. The summed E-state index contributed by atoms with van der Waals surface area (Å²) in [5.41, 5.74) is 3.74. The molecule has 0 aliphatic rings. The van der Waals surface area contributed by atoms with E-state index in [-0.39, 0.29) is 13.1 Å². The molecule has 2 rings (SSSR count). The summed E-state index contributed by atoms with van der Waals surface area (Å²) < 4.78 is 25.0. The molecule has 0 heterocycles. The second-order valence-corrected chi connectivity index (χ2v) is 8.56. The molecule has 0 aliphatic heterocycles. The molecule has 0 unspecified atom stereocenters. The quantitative estimate of drug-likeness (QED) is 0.519. The highest BCUT2D eigenvalue weighted by Crippen LogP contribution is 2.21. The standard InChI is InChI=1S/C18H19Cl2N3O3S/c1-27(25,26)23(11-10-14-6-3-2-4-7-14)13-18(24)22-21-12-15-16(19)8-5-9-17(15)20/h2-9,12H,10-11,13H2,1H3,(H,22,24)/b21-12+. The number of amides is 1. The number of benzene rings is 2. The number of halogens is 2. The third kappa shape index (κ3) is 6.95. The van der Waals surface area contributed by atoms with Gasteiger partial charge in [0.15, 0.2) is 0 Å². The van der Waals surface area contributed by atoms with Crippen LogP contribution in [0.5, 0.6) is 0 Å². The van der Waals surface area contributed by atoms with Crippen LogP contribution in [0.4, 0.5) is 0 Å². The van der Waals surface area contributed by atoms with Crippen LogP contribution in [0.25, 0.3) is 0 Å². The van der Waals surface area contributed by atoms with Crippen LogP contribution in [0.3, 0.4) is 0 Å². The van der Waals surface area contributed by atoms with Crippen LogP contribution < -0.4 is 5.43 Å². The van der Waals surface area contributed by atoms with Crippen molar-refractivity contribution in [1.29, 1.82) is 0 Å². The maximum atomic E-state index is 12.1. The molecule has 0 saturated carbocycles. The third-order valence-electron chi connectivity index (χ3n) is 3.66. The maximum Gasteiger partial charge on any atom is 0.255 e. The molecule has 0 radical (unpaired) electrons. The molecule has 0 atom stereocenters. The number of nitrogens with one attached hydrogen (secondary N) is 1. The summed E-state index contributed by atoms with van der Waals surface area (Å²) in [6.45, 7) is -0.143. The lowest BCUT2D eigenvalue weighted by Gasteiger charge is -2.18. The summed E-state index contributed by atoms with van der Waals surface area (Å²) in [5, 5.41) is 4.58.